The molecule has 42 heavy (non-hydrogen) atoms. The summed E-state index contributed by atoms with van der Waals surface area (Å²) >= 11 is 12.5. The number of sulfonamides is 1. The minimum absolute atomic E-state index is 0.0193. The molecule has 0 aliphatic heterocycles. The third kappa shape index (κ3) is 8.40. The summed E-state index contributed by atoms with van der Waals surface area (Å²) in [6.45, 7) is 7.77. The molecule has 0 aliphatic rings. The minimum Gasteiger partial charge on any atom is -0.494 e. The first-order chi connectivity index (χ1) is 20.0. The molecule has 3 rings (SSSR count). The maximum absolute atomic E-state index is 14.1. The zero-order valence-electron chi connectivity index (χ0n) is 24.3. The van der Waals surface area contributed by atoms with Crippen molar-refractivity contribution >= 4 is 50.7 Å². The zero-order valence-corrected chi connectivity index (χ0v) is 26.6. The number of benzene rings is 3. The number of hydrogen-bond donors (Lipinski definition) is 1. The van der Waals surface area contributed by atoms with Gasteiger partial charge in [-0.25, -0.2) is 8.42 Å². The van der Waals surface area contributed by atoms with Gasteiger partial charge in [0.15, 0.2) is 0 Å². The number of rotatable bonds is 14. The van der Waals surface area contributed by atoms with Crippen molar-refractivity contribution < 1.29 is 22.7 Å². The lowest BCUT2D eigenvalue weighted by Crippen LogP contribution is -2.52. The molecule has 1 N–H and O–H groups in total. The van der Waals surface area contributed by atoms with E-state index in [4.69, 9.17) is 27.9 Å². The Morgan fingerprint density at radius 2 is 1.62 bits per heavy atom. The number of nitrogens with one attached hydrogen (secondary N) is 1. The Balaban J connectivity index is 2.07. The quantitative estimate of drug-likeness (QED) is 0.227. The Kier molecular flexibility index (Phi) is 12.1. The molecule has 0 spiro atoms. The van der Waals surface area contributed by atoms with E-state index in [1.165, 1.54) is 17.0 Å². The van der Waals surface area contributed by atoms with Gasteiger partial charge < -0.3 is 15.0 Å². The van der Waals surface area contributed by atoms with Gasteiger partial charge >= 0.3 is 0 Å². The van der Waals surface area contributed by atoms with Crippen LogP contribution in [-0.2, 0) is 26.2 Å². The first-order valence-electron chi connectivity index (χ1n) is 13.8. The Morgan fingerprint density at radius 3 is 2.19 bits per heavy atom. The van der Waals surface area contributed by atoms with Gasteiger partial charge in [-0.1, -0.05) is 60.8 Å². The van der Waals surface area contributed by atoms with Crippen molar-refractivity contribution in [3.05, 3.63) is 87.9 Å². The molecule has 0 saturated carbocycles. The third-order valence-corrected chi connectivity index (χ3v) is 8.99. The minimum atomic E-state index is -4.18. The van der Waals surface area contributed by atoms with E-state index in [2.05, 4.69) is 5.32 Å². The number of aryl methyl sites for hydroxylation is 1. The average Bonchev–Trinajstić information content (AvgIpc) is 2.96. The fourth-order valence-electron chi connectivity index (χ4n) is 4.36. The van der Waals surface area contributed by atoms with Crippen LogP contribution in [0, 0.1) is 6.92 Å². The van der Waals surface area contributed by atoms with E-state index >= 15 is 0 Å². The maximum atomic E-state index is 14.1. The van der Waals surface area contributed by atoms with E-state index in [0.717, 1.165) is 16.3 Å². The highest BCUT2D eigenvalue weighted by molar-refractivity contribution is 7.92. The van der Waals surface area contributed by atoms with Gasteiger partial charge in [-0.15, -0.1) is 0 Å². The van der Waals surface area contributed by atoms with Crippen molar-refractivity contribution in [2.75, 3.05) is 24.0 Å². The summed E-state index contributed by atoms with van der Waals surface area (Å²) in [6, 6.07) is 16.9. The van der Waals surface area contributed by atoms with Crippen molar-refractivity contribution in [1.29, 1.82) is 0 Å². The van der Waals surface area contributed by atoms with Gasteiger partial charge in [0, 0.05) is 23.1 Å². The summed E-state index contributed by atoms with van der Waals surface area (Å²) in [5.74, 6) is -0.325. The van der Waals surface area contributed by atoms with E-state index in [1.807, 2.05) is 20.8 Å². The Labute approximate surface area is 258 Å². The van der Waals surface area contributed by atoms with E-state index in [1.54, 1.807) is 61.5 Å². The molecule has 0 unspecified atom stereocenters. The van der Waals surface area contributed by atoms with Crippen LogP contribution in [0.5, 0.6) is 5.75 Å². The fourth-order valence-corrected chi connectivity index (χ4v) is 6.24. The summed E-state index contributed by atoms with van der Waals surface area (Å²) < 4.78 is 34.6. The van der Waals surface area contributed by atoms with Crippen LogP contribution in [0.25, 0.3) is 0 Å². The van der Waals surface area contributed by atoms with Crippen LogP contribution in [-0.4, -0.2) is 50.9 Å². The maximum Gasteiger partial charge on any atom is 0.264 e. The van der Waals surface area contributed by atoms with Crippen LogP contribution in [0.1, 0.15) is 44.7 Å². The predicted molar refractivity (Wildman–Crippen MR) is 168 cm³/mol. The van der Waals surface area contributed by atoms with Crippen molar-refractivity contribution in [2.45, 2.75) is 58.0 Å². The number of halogens is 2. The van der Waals surface area contributed by atoms with E-state index < -0.39 is 28.5 Å². The summed E-state index contributed by atoms with van der Waals surface area (Å²) in [6.07, 6.45) is 1.03. The molecule has 0 bridgehead atoms. The van der Waals surface area contributed by atoms with Crippen LogP contribution in [0.3, 0.4) is 0 Å². The van der Waals surface area contributed by atoms with E-state index in [9.17, 15) is 18.0 Å². The molecular formula is C31H37Cl2N3O5S. The number of carbonyl (C=O) groups excluding carboxylic acids is 2. The Bertz CT molecular complexity index is 1460. The number of carbonyl (C=O) groups is 2. The molecule has 226 valence electrons. The largest absolute Gasteiger partial charge is 0.494 e. The molecule has 0 heterocycles. The lowest BCUT2D eigenvalue weighted by Gasteiger charge is -2.33. The fraction of sp³-hybridized carbons (Fsp3) is 0.355. The predicted octanol–water partition coefficient (Wildman–Crippen LogP) is 6.23. The number of nitrogens with zero attached hydrogens (tertiary/aromatic N) is 2. The van der Waals surface area contributed by atoms with Gasteiger partial charge in [-0.05, 0) is 80.8 Å². The van der Waals surface area contributed by atoms with Gasteiger partial charge in [0.05, 0.1) is 17.2 Å². The molecule has 0 radical (unpaired) electrons. The van der Waals surface area contributed by atoms with E-state index in [-0.39, 0.29) is 23.0 Å². The number of hydrogen-bond acceptors (Lipinski definition) is 5. The highest BCUT2D eigenvalue weighted by Crippen LogP contribution is 2.28. The molecule has 0 aliphatic carbocycles. The van der Waals surface area contributed by atoms with Gasteiger partial charge in [-0.2, -0.15) is 0 Å². The van der Waals surface area contributed by atoms with Crippen molar-refractivity contribution in [3.8, 4) is 5.75 Å². The van der Waals surface area contributed by atoms with Crippen LogP contribution in [0.2, 0.25) is 10.0 Å². The highest BCUT2D eigenvalue weighted by Gasteiger charge is 2.34. The topological polar surface area (TPSA) is 96.0 Å². The Hall–Kier alpha value is -3.27. The lowest BCUT2D eigenvalue weighted by atomic mass is 10.1. The second-order valence-electron chi connectivity index (χ2n) is 9.72. The SMILES string of the molecule is CCCNC(=O)[C@H](CC)N(Cc1ccc(Cl)cc1Cl)C(=O)CN(c1ccc(OCC)cc1)S(=O)(=O)c1ccc(C)cc1. The van der Waals surface area contributed by atoms with Gasteiger partial charge in [0.2, 0.25) is 11.8 Å². The van der Waals surface area contributed by atoms with E-state index in [0.29, 0.717) is 40.9 Å². The molecule has 2 amide bonds. The van der Waals surface area contributed by atoms with Crippen LogP contribution < -0.4 is 14.4 Å². The number of anilines is 1. The third-order valence-electron chi connectivity index (χ3n) is 6.61. The van der Waals surface area contributed by atoms with Gasteiger partial charge in [0.25, 0.3) is 10.0 Å². The van der Waals surface area contributed by atoms with Crippen molar-refractivity contribution in [3.63, 3.8) is 0 Å². The van der Waals surface area contributed by atoms with Crippen LogP contribution in [0.4, 0.5) is 5.69 Å². The first-order valence-corrected chi connectivity index (χ1v) is 16.0. The summed E-state index contributed by atoms with van der Waals surface area (Å²) in [5.41, 5.74) is 1.75. The van der Waals surface area contributed by atoms with Crippen LogP contribution >= 0.6 is 23.2 Å². The molecule has 0 saturated heterocycles. The standard InChI is InChI=1S/C31H37Cl2N3O5S/c1-5-18-34-31(38)29(6-2)35(20-23-10-11-24(32)19-28(23)33)30(37)21-36(25-12-14-26(15-13-25)41-7-3)42(39,40)27-16-8-22(4)9-17-27/h8-17,19,29H,5-7,18,20-21H2,1-4H3,(H,34,38)/t29-/m0/s1. The Morgan fingerprint density at radius 1 is 0.952 bits per heavy atom. The van der Waals surface area contributed by atoms with Crippen LogP contribution in [0.15, 0.2) is 71.6 Å². The zero-order chi connectivity index (χ0) is 30.9. The smallest absolute Gasteiger partial charge is 0.264 e. The van der Waals surface area contributed by atoms with Crippen molar-refractivity contribution in [2.24, 2.45) is 0 Å². The molecule has 0 fully saturated rings. The number of amides is 2. The second-order valence-corrected chi connectivity index (χ2v) is 12.4. The normalized spacial score (nSPS) is 12.0. The molecule has 11 heteroatoms. The molecule has 3 aromatic carbocycles. The van der Waals surface area contributed by atoms with Gasteiger partial charge in [0.1, 0.15) is 18.3 Å². The number of ether oxygens (including phenoxy) is 1. The monoisotopic (exact) mass is 633 g/mol. The first kappa shape index (κ1) is 33.2. The molecule has 3 aromatic rings. The molecule has 0 aromatic heterocycles. The summed E-state index contributed by atoms with van der Waals surface area (Å²) in [5, 5.41) is 3.62. The average molecular weight is 635 g/mol. The molecule has 1 atom stereocenters. The van der Waals surface area contributed by atoms with Gasteiger partial charge in [-0.3, -0.25) is 13.9 Å². The molecular weight excluding hydrogens is 597 g/mol. The second kappa shape index (κ2) is 15.3. The summed E-state index contributed by atoms with van der Waals surface area (Å²) in [7, 11) is -4.18. The highest BCUT2D eigenvalue weighted by atomic mass is 35.5. The molecule has 8 nitrogen and oxygen atoms in total. The summed E-state index contributed by atoms with van der Waals surface area (Å²) in [4.78, 5) is 28.8. The van der Waals surface area contributed by atoms with Crippen molar-refractivity contribution in [1.82, 2.24) is 10.2 Å². The lowest BCUT2D eigenvalue weighted by molar-refractivity contribution is -0.140.